The summed E-state index contributed by atoms with van der Waals surface area (Å²) in [5, 5.41) is 0. The maximum absolute atomic E-state index is 6.37. The topological polar surface area (TPSA) is 26.0 Å². The van der Waals surface area contributed by atoms with Gasteiger partial charge >= 0.3 is 0 Å². The molecule has 0 heterocycles. The molecule has 0 aliphatic carbocycles. The summed E-state index contributed by atoms with van der Waals surface area (Å²) in [7, 11) is 0. The molecule has 1 nitrogen and oxygen atoms in total. The van der Waals surface area contributed by atoms with E-state index in [1.165, 1.54) is 70.6 Å². The predicted molar refractivity (Wildman–Crippen MR) is 130 cm³/mol. The second-order valence-electron chi connectivity index (χ2n) is 10.5. The fraction of sp³-hybridized carbons (Fsp3) is 1.00. The quantitative estimate of drug-likeness (QED) is 0.244. The second kappa shape index (κ2) is 14.1. The van der Waals surface area contributed by atoms with Crippen LogP contribution in [0.15, 0.2) is 0 Å². The van der Waals surface area contributed by atoms with Crippen LogP contribution in [0.1, 0.15) is 133 Å². The number of hydrogen-bond donors (Lipinski definition) is 1. The normalized spacial score (nSPS) is 20.8. The van der Waals surface area contributed by atoms with Gasteiger partial charge in [-0.2, -0.15) is 0 Å². The average Bonchev–Trinajstić information content (AvgIpc) is 2.70. The van der Waals surface area contributed by atoms with Crippen LogP contribution in [0.3, 0.4) is 0 Å². The summed E-state index contributed by atoms with van der Waals surface area (Å²) < 4.78 is 0. The lowest BCUT2D eigenvalue weighted by atomic mass is 9.47. The number of hydrogen-bond acceptors (Lipinski definition) is 1. The second-order valence-corrected chi connectivity index (χ2v) is 10.5. The van der Waals surface area contributed by atoms with Crippen LogP contribution in [0.5, 0.6) is 0 Å². The Kier molecular flexibility index (Phi) is 14.0. The van der Waals surface area contributed by atoms with E-state index in [0.29, 0.717) is 16.7 Å². The van der Waals surface area contributed by atoms with Crippen molar-refractivity contribution in [1.29, 1.82) is 0 Å². The first-order valence-corrected chi connectivity index (χ1v) is 12.9. The number of nitrogens with two attached hydrogens (primary N) is 1. The van der Waals surface area contributed by atoms with Gasteiger partial charge in [-0.3, -0.25) is 0 Å². The van der Waals surface area contributed by atoms with Crippen LogP contribution >= 0.6 is 0 Å². The molecule has 6 atom stereocenters. The SMILES string of the molecule is CCCCCC(C)CC(CCCCC)C(C)(C(C)CN)C(C)(CC)C(C)CC. The summed E-state index contributed by atoms with van der Waals surface area (Å²) in [5.74, 6) is 2.93. The van der Waals surface area contributed by atoms with Gasteiger partial charge in [-0.05, 0) is 60.3 Å². The molecule has 0 aromatic heterocycles. The Balaban J connectivity index is 5.87. The number of unbranched alkanes of at least 4 members (excludes halogenated alkanes) is 4. The van der Waals surface area contributed by atoms with Crippen molar-refractivity contribution in [3.8, 4) is 0 Å². The van der Waals surface area contributed by atoms with E-state index < -0.39 is 0 Å². The zero-order valence-corrected chi connectivity index (χ0v) is 21.4. The fourth-order valence-corrected chi connectivity index (χ4v) is 6.04. The van der Waals surface area contributed by atoms with Gasteiger partial charge in [0.2, 0.25) is 0 Å². The Morgan fingerprint density at radius 2 is 1.29 bits per heavy atom. The first kappa shape index (κ1) is 28.0. The van der Waals surface area contributed by atoms with Gasteiger partial charge in [0.25, 0.3) is 0 Å². The molecule has 0 rings (SSSR count). The molecule has 0 fully saturated rings. The summed E-state index contributed by atoms with van der Waals surface area (Å²) in [4.78, 5) is 0. The van der Waals surface area contributed by atoms with Crippen LogP contribution in [-0.4, -0.2) is 6.54 Å². The molecule has 0 aliphatic heterocycles. The van der Waals surface area contributed by atoms with Crippen LogP contribution in [0, 0.1) is 34.5 Å². The first-order chi connectivity index (χ1) is 13.2. The zero-order chi connectivity index (χ0) is 21.8. The molecule has 170 valence electrons. The van der Waals surface area contributed by atoms with Crippen molar-refractivity contribution in [2.24, 2.45) is 40.2 Å². The molecule has 0 bridgehead atoms. The summed E-state index contributed by atoms with van der Waals surface area (Å²) in [5.41, 5.74) is 7.02. The minimum Gasteiger partial charge on any atom is -0.330 e. The van der Waals surface area contributed by atoms with Gasteiger partial charge in [-0.25, -0.2) is 0 Å². The maximum Gasteiger partial charge on any atom is -0.00460 e. The summed E-state index contributed by atoms with van der Waals surface area (Å²) in [6, 6.07) is 0. The largest absolute Gasteiger partial charge is 0.330 e. The lowest BCUT2D eigenvalue weighted by Gasteiger charge is -2.58. The Labute approximate surface area is 180 Å². The van der Waals surface area contributed by atoms with Gasteiger partial charge in [-0.1, -0.05) is 114 Å². The maximum atomic E-state index is 6.37. The van der Waals surface area contributed by atoms with E-state index >= 15 is 0 Å². The molecule has 0 saturated heterocycles. The summed E-state index contributed by atoms with van der Waals surface area (Å²) in [6.45, 7) is 23.0. The van der Waals surface area contributed by atoms with Crippen molar-refractivity contribution < 1.29 is 0 Å². The van der Waals surface area contributed by atoms with Gasteiger partial charge in [0.1, 0.15) is 0 Å². The molecule has 0 aromatic carbocycles. The van der Waals surface area contributed by atoms with Crippen molar-refractivity contribution in [2.45, 2.75) is 133 Å². The third-order valence-electron chi connectivity index (χ3n) is 9.03. The summed E-state index contributed by atoms with van der Waals surface area (Å²) >= 11 is 0. The molecule has 0 radical (unpaired) electrons. The van der Waals surface area contributed by atoms with E-state index in [0.717, 1.165) is 24.3 Å². The predicted octanol–water partition coefficient (Wildman–Crippen LogP) is 8.85. The standard InChI is InChI=1S/C27H57N/c1-10-14-16-18-22(5)20-25(19-17-15-11-2)27(9,24(7)21-28)26(8,13-4)23(6)12-3/h22-25H,10-21,28H2,1-9H3. The Bertz CT molecular complexity index is 378. The van der Waals surface area contributed by atoms with Gasteiger partial charge < -0.3 is 5.73 Å². The first-order valence-electron chi connectivity index (χ1n) is 12.9. The third kappa shape index (κ3) is 7.03. The molecule has 0 saturated carbocycles. The average molecular weight is 396 g/mol. The molecular formula is C27H57N. The highest BCUT2D eigenvalue weighted by Crippen LogP contribution is 2.59. The van der Waals surface area contributed by atoms with E-state index in [9.17, 15) is 0 Å². The monoisotopic (exact) mass is 395 g/mol. The molecule has 2 N–H and O–H groups in total. The molecule has 0 aliphatic rings. The van der Waals surface area contributed by atoms with Crippen LogP contribution in [0.2, 0.25) is 0 Å². The molecule has 28 heavy (non-hydrogen) atoms. The highest BCUT2D eigenvalue weighted by atomic mass is 14.6. The smallest absolute Gasteiger partial charge is 0.00460 e. The Morgan fingerprint density at radius 1 is 0.750 bits per heavy atom. The molecular weight excluding hydrogens is 338 g/mol. The lowest BCUT2D eigenvalue weighted by Crippen LogP contribution is -2.53. The van der Waals surface area contributed by atoms with Crippen LogP contribution in [0.4, 0.5) is 0 Å². The highest BCUT2D eigenvalue weighted by molar-refractivity contribution is 5.01. The minimum atomic E-state index is 0.304. The minimum absolute atomic E-state index is 0.304. The molecule has 0 aromatic rings. The van der Waals surface area contributed by atoms with Crippen molar-refractivity contribution in [3.05, 3.63) is 0 Å². The van der Waals surface area contributed by atoms with E-state index in [1.54, 1.807) is 0 Å². The van der Waals surface area contributed by atoms with Gasteiger partial charge in [0.05, 0.1) is 0 Å². The number of rotatable bonds is 17. The highest BCUT2D eigenvalue weighted by Gasteiger charge is 2.52. The van der Waals surface area contributed by atoms with Gasteiger partial charge in [0.15, 0.2) is 0 Å². The van der Waals surface area contributed by atoms with Crippen molar-refractivity contribution >= 4 is 0 Å². The van der Waals surface area contributed by atoms with Gasteiger partial charge in [-0.15, -0.1) is 0 Å². The lowest BCUT2D eigenvalue weighted by molar-refractivity contribution is -0.0897. The third-order valence-corrected chi connectivity index (χ3v) is 9.03. The molecule has 6 unspecified atom stereocenters. The Hall–Kier alpha value is -0.0400. The van der Waals surface area contributed by atoms with Crippen LogP contribution in [0.25, 0.3) is 0 Å². The van der Waals surface area contributed by atoms with Crippen molar-refractivity contribution in [2.75, 3.05) is 6.54 Å². The van der Waals surface area contributed by atoms with E-state index in [4.69, 9.17) is 5.73 Å². The Morgan fingerprint density at radius 3 is 1.71 bits per heavy atom. The summed E-state index contributed by atoms with van der Waals surface area (Å²) in [6.07, 6.45) is 14.9. The molecule has 0 spiro atoms. The van der Waals surface area contributed by atoms with Crippen molar-refractivity contribution in [3.63, 3.8) is 0 Å². The molecule has 1 heteroatoms. The fourth-order valence-electron chi connectivity index (χ4n) is 6.04. The van der Waals surface area contributed by atoms with Gasteiger partial charge in [0, 0.05) is 0 Å². The van der Waals surface area contributed by atoms with Crippen molar-refractivity contribution in [1.82, 2.24) is 0 Å². The zero-order valence-electron chi connectivity index (χ0n) is 21.4. The van der Waals surface area contributed by atoms with Crippen LogP contribution in [-0.2, 0) is 0 Å². The molecule has 0 amide bonds. The van der Waals surface area contributed by atoms with E-state index in [1.807, 2.05) is 0 Å². The van der Waals surface area contributed by atoms with E-state index in [-0.39, 0.29) is 0 Å². The van der Waals surface area contributed by atoms with E-state index in [2.05, 4.69) is 62.3 Å². The van der Waals surface area contributed by atoms with Crippen LogP contribution < -0.4 is 5.73 Å².